The van der Waals surface area contributed by atoms with E-state index < -0.39 is 6.10 Å². The van der Waals surface area contributed by atoms with Gasteiger partial charge in [-0.25, -0.2) is 0 Å². The molecular formula is C24H22O4. The minimum absolute atomic E-state index is 0.471. The van der Waals surface area contributed by atoms with Crippen LogP contribution in [-0.2, 0) is 6.61 Å². The van der Waals surface area contributed by atoms with Crippen LogP contribution in [0.25, 0.3) is 6.08 Å². The Bertz CT molecular complexity index is 979. The minimum atomic E-state index is -0.763. The molecule has 1 aliphatic heterocycles. The summed E-state index contributed by atoms with van der Waals surface area (Å²) in [5, 5.41) is 10.5. The predicted octanol–water partition coefficient (Wildman–Crippen LogP) is 5.13. The van der Waals surface area contributed by atoms with Gasteiger partial charge >= 0.3 is 0 Å². The number of aliphatic hydroxyl groups is 1. The summed E-state index contributed by atoms with van der Waals surface area (Å²) in [6.07, 6.45) is 1.06. The zero-order chi connectivity index (χ0) is 19.3. The fourth-order valence-electron chi connectivity index (χ4n) is 3.15. The lowest BCUT2D eigenvalue weighted by atomic mass is 10.1. The molecule has 0 radical (unpaired) electrons. The van der Waals surface area contributed by atoms with Crippen molar-refractivity contribution in [2.45, 2.75) is 19.6 Å². The van der Waals surface area contributed by atoms with Gasteiger partial charge in [-0.3, -0.25) is 0 Å². The topological polar surface area (TPSA) is 47.9 Å². The van der Waals surface area contributed by atoms with Gasteiger partial charge in [0.1, 0.15) is 24.2 Å². The summed E-state index contributed by atoms with van der Waals surface area (Å²) in [5.41, 5.74) is 2.75. The molecule has 1 atom stereocenters. The molecule has 1 N–H and O–H groups in total. The van der Waals surface area contributed by atoms with Gasteiger partial charge in [-0.1, -0.05) is 54.6 Å². The predicted molar refractivity (Wildman–Crippen MR) is 108 cm³/mol. The Hall–Kier alpha value is -3.24. The number of aliphatic hydroxyl groups excluding tert-OH is 1. The van der Waals surface area contributed by atoms with Crippen LogP contribution < -0.4 is 14.2 Å². The van der Waals surface area contributed by atoms with Crippen molar-refractivity contribution in [2.24, 2.45) is 0 Å². The minimum Gasteiger partial charge on any atom is -0.490 e. The summed E-state index contributed by atoms with van der Waals surface area (Å²) >= 11 is 0. The second-order valence-corrected chi connectivity index (χ2v) is 6.50. The number of rotatable bonds is 6. The maximum Gasteiger partial charge on any atom is 0.161 e. The van der Waals surface area contributed by atoms with E-state index in [9.17, 15) is 5.11 Å². The summed E-state index contributed by atoms with van der Waals surface area (Å²) in [4.78, 5) is 0. The lowest BCUT2D eigenvalue weighted by Crippen LogP contribution is -2.00. The van der Waals surface area contributed by atoms with Crippen LogP contribution >= 0.6 is 0 Å². The van der Waals surface area contributed by atoms with Crippen LogP contribution in [0, 0.1) is 0 Å². The maximum absolute atomic E-state index is 10.5. The van der Waals surface area contributed by atoms with Crippen molar-refractivity contribution in [3.8, 4) is 17.2 Å². The zero-order valence-corrected chi connectivity index (χ0v) is 15.7. The van der Waals surface area contributed by atoms with Crippen molar-refractivity contribution in [3.05, 3.63) is 95.2 Å². The fourth-order valence-corrected chi connectivity index (χ4v) is 3.15. The summed E-state index contributed by atoms with van der Waals surface area (Å²) in [6, 6.07) is 23.2. The van der Waals surface area contributed by atoms with Crippen LogP contribution in [0.5, 0.6) is 17.2 Å². The van der Waals surface area contributed by atoms with Crippen LogP contribution in [0.3, 0.4) is 0 Å². The number of hydrogen-bond donors (Lipinski definition) is 1. The molecule has 142 valence electrons. The van der Waals surface area contributed by atoms with Gasteiger partial charge in [0, 0.05) is 5.56 Å². The third-order valence-electron chi connectivity index (χ3n) is 4.52. The van der Waals surface area contributed by atoms with Crippen LogP contribution in [0.4, 0.5) is 0 Å². The molecule has 0 fully saturated rings. The normalized spacial score (nSPS) is 16.5. The third kappa shape index (κ3) is 3.87. The Kier molecular flexibility index (Phi) is 5.31. The SMILES string of the molecule is CCOc1cc(/C=C2/Oc3ccccc3[C@H]2O)ccc1OCc1ccccc1. The van der Waals surface area contributed by atoms with E-state index in [4.69, 9.17) is 14.2 Å². The van der Waals surface area contributed by atoms with E-state index in [-0.39, 0.29) is 0 Å². The van der Waals surface area contributed by atoms with Crippen molar-refractivity contribution < 1.29 is 19.3 Å². The lowest BCUT2D eigenvalue weighted by molar-refractivity contribution is 0.193. The average molecular weight is 374 g/mol. The Morgan fingerprint density at radius 1 is 0.929 bits per heavy atom. The second-order valence-electron chi connectivity index (χ2n) is 6.50. The Labute approximate surface area is 164 Å². The quantitative estimate of drug-likeness (QED) is 0.650. The van der Waals surface area contributed by atoms with Gasteiger partial charge in [-0.15, -0.1) is 0 Å². The molecular weight excluding hydrogens is 352 g/mol. The average Bonchev–Trinajstić information content (AvgIpc) is 3.04. The number of fused-ring (bicyclic) bond motifs is 1. The van der Waals surface area contributed by atoms with Gasteiger partial charge in [0.05, 0.1) is 6.61 Å². The molecule has 3 aromatic carbocycles. The molecule has 0 aromatic heterocycles. The molecule has 1 heterocycles. The van der Waals surface area contributed by atoms with Crippen molar-refractivity contribution >= 4 is 6.08 Å². The second kappa shape index (κ2) is 8.19. The van der Waals surface area contributed by atoms with Crippen molar-refractivity contribution in [3.63, 3.8) is 0 Å². The van der Waals surface area contributed by atoms with E-state index in [0.29, 0.717) is 36.2 Å². The van der Waals surface area contributed by atoms with Crippen LogP contribution in [0.1, 0.15) is 29.7 Å². The van der Waals surface area contributed by atoms with Gasteiger partial charge in [0.25, 0.3) is 0 Å². The van der Waals surface area contributed by atoms with E-state index >= 15 is 0 Å². The fraction of sp³-hybridized carbons (Fsp3) is 0.167. The first kappa shape index (κ1) is 18.1. The number of ether oxygens (including phenoxy) is 3. The first-order valence-electron chi connectivity index (χ1n) is 9.34. The highest BCUT2D eigenvalue weighted by Crippen LogP contribution is 2.40. The molecule has 0 amide bonds. The molecule has 4 rings (SSSR count). The van der Waals surface area contributed by atoms with Crippen LogP contribution in [0.2, 0.25) is 0 Å². The van der Waals surface area contributed by atoms with E-state index in [2.05, 4.69) is 0 Å². The Morgan fingerprint density at radius 3 is 2.50 bits per heavy atom. The smallest absolute Gasteiger partial charge is 0.161 e. The number of benzene rings is 3. The highest BCUT2D eigenvalue weighted by atomic mass is 16.5. The van der Waals surface area contributed by atoms with Gasteiger partial charge < -0.3 is 19.3 Å². The molecule has 28 heavy (non-hydrogen) atoms. The molecule has 3 aromatic rings. The maximum atomic E-state index is 10.5. The molecule has 0 saturated carbocycles. The number of hydrogen-bond acceptors (Lipinski definition) is 4. The van der Waals surface area contributed by atoms with E-state index in [1.807, 2.05) is 85.8 Å². The monoisotopic (exact) mass is 374 g/mol. The van der Waals surface area contributed by atoms with E-state index in [1.165, 1.54) is 0 Å². The summed E-state index contributed by atoms with van der Waals surface area (Å²) < 4.78 is 17.5. The Balaban J connectivity index is 1.55. The molecule has 4 heteroatoms. The largest absolute Gasteiger partial charge is 0.490 e. The van der Waals surface area contributed by atoms with Gasteiger partial charge in [-0.2, -0.15) is 0 Å². The highest BCUT2D eigenvalue weighted by Gasteiger charge is 2.27. The molecule has 0 bridgehead atoms. The van der Waals surface area contributed by atoms with Gasteiger partial charge in [0.15, 0.2) is 11.5 Å². The first-order chi connectivity index (χ1) is 13.7. The lowest BCUT2D eigenvalue weighted by Gasteiger charge is -2.13. The molecule has 0 unspecified atom stereocenters. The summed E-state index contributed by atoms with van der Waals surface area (Å²) in [7, 11) is 0. The summed E-state index contributed by atoms with van der Waals surface area (Å²) in [5.74, 6) is 2.54. The van der Waals surface area contributed by atoms with Gasteiger partial charge in [0.2, 0.25) is 0 Å². The molecule has 0 spiro atoms. The molecule has 0 aliphatic carbocycles. The highest BCUT2D eigenvalue weighted by molar-refractivity contribution is 5.61. The van der Waals surface area contributed by atoms with Crippen molar-refractivity contribution in [2.75, 3.05) is 6.61 Å². The van der Waals surface area contributed by atoms with Crippen LogP contribution in [-0.4, -0.2) is 11.7 Å². The van der Waals surface area contributed by atoms with Crippen LogP contribution in [0.15, 0.2) is 78.6 Å². The molecule has 4 nitrogen and oxygen atoms in total. The third-order valence-corrected chi connectivity index (χ3v) is 4.52. The number of para-hydroxylation sites is 1. The van der Waals surface area contributed by atoms with E-state index in [0.717, 1.165) is 16.7 Å². The standard InChI is InChI=1S/C24H22O4/c1-2-26-22-14-18(12-13-21(22)27-16-17-8-4-3-5-9-17)15-23-24(25)19-10-6-7-11-20(19)28-23/h3-15,24-25H,2,16H2,1H3/b23-15+/t24-/m1/s1. The zero-order valence-electron chi connectivity index (χ0n) is 15.7. The van der Waals surface area contributed by atoms with Crippen molar-refractivity contribution in [1.29, 1.82) is 0 Å². The van der Waals surface area contributed by atoms with E-state index in [1.54, 1.807) is 0 Å². The first-order valence-corrected chi connectivity index (χ1v) is 9.34. The summed E-state index contributed by atoms with van der Waals surface area (Å²) in [6.45, 7) is 2.94. The molecule has 1 aliphatic rings. The van der Waals surface area contributed by atoms with Gasteiger partial charge in [-0.05, 0) is 42.3 Å². The molecule has 0 saturated heterocycles. The Morgan fingerprint density at radius 2 is 1.71 bits per heavy atom. The van der Waals surface area contributed by atoms with Crippen molar-refractivity contribution in [1.82, 2.24) is 0 Å².